The second-order valence-corrected chi connectivity index (χ2v) is 4.63. The maximum atomic E-state index is 11.8. The van der Waals surface area contributed by atoms with E-state index in [4.69, 9.17) is 18.0 Å². The number of thiocarbonyl (C=S) groups is 1. The predicted octanol–water partition coefficient (Wildman–Crippen LogP) is 0.647. The van der Waals surface area contributed by atoms with Crippen molar-refractivity contribution in [1.82, 2.24) is 15.5 Å². The molecule has 88 valence electrons. The first-order chi connectivity index (χ1) is 7.35. The van der Waals surface area contributed by atoms with Crippen molar-refractivity contribution in [2.24, 2.45) is 11.1 Å². The van der Waals surface area contributed by atoms with E-state index in [0.29, 0.717) is 6.54 Å². The number of H-pyrrole nitrogens is 1. The van der Waals surface area contributed by atoms with Crippen molar-refractivity contribution in [3.63, 3.8) is 0 Å². The number of aromatic nitrogens is 2. The van der Waals surface area contributed by atoms with Crippen LogP contribution in [0.25, 0.3) is 0 Å². The van der Waals surface area contributed by atoms with Crippen LogP contribution in [0.2, 0.25) is 0 Å². The number of nitrogens with zero attached hydrogens (tertiary/aromatic N) is 1. The van der Waals surface area contributed by atoms with Crippen molar-refractivity contribution >= 4 is 23.1 Å². The third-order valence-corrected chi connectivity index (χ3v) is 3.07. The molecule has 1 aromatic rings. The van der Waals surface area contributed by atoms with Crippen molar-refractivity contribution in [2.45, 2.75) is 27.3 Å². The minimum Gasteiger partial charge on any atom is -0.392 e. The van der Waals surface area contributed by atoms with Gasteiger partial charge in [0.2, 0.25) is 5.91 Å². The maximum Gasteiger partial charge on any atom is 0.232 e. The Morgan fingerprint density at radius 2 is 2.31 bits per heavy atom. The Balaban J connectivity index is 2.60. The molecule has 1 aromatic heterocycles. The van der Waals surface area contributed by atoms with Crippen LogP contribution in [-0.4, -0.2) is 21.1 Å². The van der Waals surface area contributed by atoms with Gasteiger partial charge in [-0.25, -0.2) is 0 Å². The predicted molar refractivity (Wildman–Crippen MR) is 65.7 cm³/mol. The molecule has 1 heterocycles. The molecule has 0 bridgehead atoms. The molecule has 0 unspecified atom stereocenters. The number of hydrogen-bond donors (Lipinski definition) is 3. The van der Waals surface area contributed by atoms with Crippen LogP contribution in [0, 0.1) is 12.3 Å². The molecule has 0 atom stereocenters. The second kappa shape index (κ2) is 4.61. The molecule has 0 spiro atoms. The standard InChI is InChI=1S/C10H16N4OS/c1-6-7(5-13-14-6)4-12-9(15)10(2,3)8(11)16/h5H,4H2,1-3H3,(H2,11,16)(H,12,15)(H,13,14). The van der Waals surface area contributed by atoms with Gasteiger partial charge in [-0.1, -0.05) is 12.2 Å². The van der Waals surface area contributed by atoms with Crippen LogP contribution in [0.4, 0.5) is 0 Å². The van der Waals surface area contributed by atoms with E-state index >= 15 is 0 Å². The van der Waals surface area contributed by atoms with Gasteiger partial charge in [0.1, 0.15) is 0 Å². The molecule has 1 amide bonds. The van der Waals surface area contributed by atoms with Gasteiger partial charge >= 0.3 is 0 Å². The Labute approximate surface area is 99.8 Å². The highest BCUT2D eigenvalue weighted by Gasteiger charge is 2.30. The normalized spacial score (nSPS) is 11.2. The Morgan fingerprint density at radius 1 is 1.69 bits per heavy atom. The van der Waals surface area contributed by atoms with Crippen LogP contribution in [0.1, 0.15) is 25.1 Å². The summed E-state index contributed by atoms with van der Waals surface area (Å²) in [4.78, 5) is 12.0. The van der Waals surface area contributed by atoms with Gasteiger partial charge in [0.15, 0.2) is 0 Å². The lowest BCUT2D eigenvalue weighted by Gasteiger charge is -2.21. The molecule has 0 saturated heterocycles. The minimum absolute atomic E-state index is 0.180. The molecule has 0 aliphatic heterocycles. The van der Waals surface area contributed by atoms with E-state index in [0.717, 1.165) is 11.3 Å². The van der Waals surface area contributed by atoms with Crippen molar-refractivity contribution in [3.8, 4) is 0 Å². The first-order valence-corrected chi connectivity index (χ1v) is 5.33. The molecule has 0 radical (unpaired) electrons. The molecule has 6 heteroatoms. The Morgan fingerprint density at radius 3 is 2.75 bits per heavy atom. The lowest BCUT2D eigenvalue weighted by Crippen LogP contribution is -2.44. The third-order valence-electron chi connectivity index (χ3n) is 2.56. The first kappa shape index (κ1) is 12.6. The van der Waals surface area contributed by atoms with Gasteiger partial charge in [-0.15, -0.1) is 0 Å². The summed E-state index contributed by atoms with van der Waals surface area (Å²) >= 11 is 4.85. The van der Waals surface area contributed by atoms with Crippen molar-refractivity contribution in [2.75, 3.05) is 0 Å². The zero-order chi connectivity index (χ0) is 12.3. The van der Waals surface area contributed by atoms with Gasteiger partial charge in [0, 0.05) is 17.8 Å². The number of nitrogens with one attached hydrogen (secondary N) is 2. The van der Waals surface area contributed by atoms with Crippen LogP contribution in [0.5, 0.6) is 0 Å². The van der Waals surface area contributed by atoms with E-state index in [1.807, 2.05) is 6.92 Å². The Hall–Kier alpha value is -1.43. The third kappa shape index (κ3) is 2.57. The fourth-order valence-corrected chi connectivity index (χ4v) is 1.15. The Kier molecular flexibility index (Phi) is 3.64. The van der Waals surface area contributed by atoms with Gasteiger partial charge in [-0.3, -0.25) is 9.89 Å². The monoisotopic (exact) mass is 240 g/mol. The molecule has 0 aliphatic carbocycles. The van der Waals surface area contributed by atoms with E-state index in [1.54, 1.807) is 20.0 Å². The fourth-order valence-electron chi connectivity index (χ4n) is 1.06. The second-order valence-electron chi connectivity index (χ2n) is 4.19. The fraction of sp³-hybridized carbons (Fsp3) is 0.500. The highest BCUT2D eigenvalue weighted by molar-refractivity contribution is 7.80. The lowest BCUT2D eigenvalue weighted by molar-refractivity contribution is -0.126. The van der Waals surface area contributed by atoms with Gasteiger partial charge < -0.3 is 11.1 Å². The molecule has 1 rings (SSSR count). The summed E-state index contributed by atoms with van der Waals surface area (Å²) in [5.41, 5.74) is 6.57. The zero-order valence-corrected chi connectivity index (χ0v) is 10.4. The summed E-state index contributed by atoms with van der Waals surface area (Å²) in [6.07, 6.45) is 1.68. The number of hydrogen-bond acceptors (Lipinski definition) is 3. The number of aryl methyl sites for hydroxylation is 1. The van der Waals surface area contributed by atoms with E-state index in [2.05, 4.69) is 15.5 Å². The molecule has 4 N–H and O–H groups in total. The quantitative estimate of drug-likeness (QED) is 0.675. The highest BCUT2D eigenvalue weighted by atomic mass is 32.1. The molecule has 0 aliphatic rings. The number of carbonyl (C=O) groups is 1. The van der Waals surface area contributed by atoms with Gasteiger partial charge in [-0.05, 0) is 20.8 Å². The molecule has 0 fully saturated rings. The summed E-state index contributed by atoms with van der Waals surface area (Å²) < 4.78 is 0. The number of rotatable bonds is 4. The van der Waals surface area contributed by atoms with Gasteiger partial charge in [0.25, 0.3) is 0 Å². The van der Waals surface area contributed by atoms with Crippen LogP contribution in [0.15, 0.2) is 6.20 Å². The van der Waals surface area contributed by atoms with Crippen LogP contribution in [0.3, 0.4) is 0 Å². The van der Waals surface area contributed by atoms with Crippen LogP contribution >= 0.6 is 12.2 Å². The molecular weight excluding hydrogens is 224 g/mol. The van der Waals surface area contributed by atoms with Crippen LogP contribution < -0.4 is 11.1 Å². The van der Waals surface area contributed by atoms with E-state index < -0.39 is 5.41 Å². The van der Waals surface area contributed by atoms with Crippen molar-refractivity contribution in [3.05, 3.63) is 17.5 Å². The molecule has 16 heavy (non-hydrogen) atoms. The first-order valence-electron chi connectivity index (χ1n) is 4.92. The zero-order valence-electron chi connectivity index (χ0n) is 9.63. The van der Waals surface area contributed by atoms with Gasteiger partial charge in [-0.2, -0.15) is 5.10 Å². The largest absolute Gasteiger partial charge is 0.392 e. The maximum absolute atomic E-state index is 11.8. The molecular formula is C10H16N4OS. The number of nitrogens with two attached hydrogens (primary N) is 1. The summed E-state index contributed by atoms with van der Waals surface area (Å²) in [5, 5.41) is 9.45. The SMILES string of the molecule is Cc1[nH]ncc1CNC(=O)C(C)(C)C(N)=S. The van der Waals surface area contributed by atoms with E-state index in [-0.39, 0.29) is 10.9 Å². The van der Waals surface area contributed by atoms with Crippen molar-refractivity contribution in [1.29, 1.82) is 0 Å². The van der Waals surface area contributed by atoms with E-state index in [9.17, 15) is 4.79 Å². The van der Waals surface area contributed by atoms with Crippen molar-refractivity contribution < 1.29 is 4.79 Å². The number of amides is 1. The number of aromatic amines is 1. The average Bonchev–Trinajstić information content (AvgIpc) is 2.60. The summed E-state index contributed by atoms with van der Waals surface area (Å²) in [6.45, 7) is 5.72. The van der Waals surface area contributed by atoms with Gasteiger partial charge in [0.05, 0.1) is 16.6 Å². The Bertz CT molecular complexity index is 411. The summed E-state index contributed by atoms with van der Waals surface area (Å²) in [6, 6.07) is 0. The average molecular weight is 240 g/mol. The van der Waals surface area contributed by atoms with E-state index in [1.165, 1.54) is 0 Å². The highest BCUT2D eigenvalue weighted by Crippen LogP contribution is 2.15. The molecule has 5 nitrogen and oxygen atoms in total. The molecule has 0 saturated carbocycles. The van der Waals surface area contributed by atoms with Crippen LogP contribution in [-0.2, 0) is 11.3 Å². The minimum atomic E-state index is -0.826. The number of carbonyl (C=O) groups excluding carboxylic acids is 1. The summed E-state index contributed by atoms with van der Waals surface area (Å²) in [5.74, 6) is -0.180. The smallest absolute Gasteiger partial charge is 0.232 e. The summed E-state index contributed by atoms with van der Waals surface area (Å²) in [7, 11) is 0. The topological polar surface area (TPSA) is 83.8 Å². The molecule has 0 aromatic carbocycles. The lowest BCUT2D eigenvalue weighted by atomic mass is 9.92.